The zero-order valence-electron chi connectivity index (χ0n) is 13.4. The topological polar surface area (TPSA) is 40.5 Å². The fraction of sp³-hybridized carbons (Fsp3) is 0.389. The van der Waals surface area contributed by atoms with E-state index < -0.39 is 29.8 Å². The highest BCUT2D eigenvalue weighted by Gasteiger charge is 2.40. The Kier molecular flexibility index (Phi) is 5.15. The van der Waals surface area contributed by atoms with Crippen molar-refractivity contribution in [1.29, 1.82) is 0 Å². The lowest BCUT2D eigenvalue weighted by Gasteiger charge is -2.40. The summed E-state index contributed by atoms with van der Waals surface area (Å²) >= 11 is 1.39. The molecule has 0 spiro atoms. The van der Waals surface area contributed by atoms with Gasteiger partial charge in [0.15, 0.2) is 0 Å². The van der Waals surface area contributed by atoms with E-state index in [4.69, 9.17) is 0 Å². The van der Waals surface area contributed by atoms with Crippen LogP contribution in [0.4, 0.5) is 13.2 Å². The van der Waals surface area contributed by atoms with E-state index in [1.165, 1.54) is 23.5 Å². The second-order valence-corrected chi connectivity index (χ2v) is 6.91. The van der Waals surface area contributed by atoms with Crippen molar-refractivity contribution in [2.45, 2.75) is 37.5 Å². The van der Waals surface area contributed by atoms with Crippen LogP contribution in [-0.4, -0.2) is 28.6 Å². The quantitative estimate of drug-likeness (QED) is 0.842. The van der Waals surface area contributed by atoms with E-state index in [9.17, 15) is 23.1 Å². The number of carboxylic acid groups (broad SMARTS) is 1. The maximum absolute atomic E-state index is 13.5. The van der Waals surface area contributed by atoms with Gasteiger partial charge in [0, 0.05) is 0 Å². The molecule has 1 aromatic heterocycles. The molecule has 1 fully saturated rings. The number of thiophene rings is 1. The van der Waals surface area contributed by atoms with Gasteiger partial charge in [0.05, 0.1) is 11.6 Å². The van der Waals surface area contributed by atoms with Crippen LogP contribution < -0.4 is 0 Å². The smallest absolute Gasteiger partial charge is 0.416 e. The van der Waals surface area contributed by atoms with E-state index >= 15 is 0 Å². The van der Waals surface area contributed by atoms with Crippen LogP contribution in [0.25, 0.3) is 0 Å². The summed E-state index contributed by atoms with van der Waals surface area (Å²) in [4.78, 5) is 13.4. The highest BCUT2D eigenvalue weighted by atomic mass is 32.1. The molecule has 1 aliphatic rings. The van der Waals surface area contributed by atoms with Crippen molar-refractivity contribution in [3.05, 3.63) is 57.8 Å². The van der Waals surface area contributed by atoms with Gasteiger partial charge in [-0.1, -0.05) is 24.6 Å². The van der Waals surface area contributed by atoms with E-state index in [2.05, 4.69) is 0 Å². The number of carbonyl (C=O) groups is 1. The Balaban J connectivity index is 2.13. The molecule has 0 aliphatic carbocycles. The third-order valence-corrected chi connectivity index (χ3v) is 5.28. The van der Waals surface area contributed by atoms with Gasteiger partial charge in [-0.3, -0.25) is 9.69 Å². The number of hydrogen-bond acceptors (Lipinski definition) is 3. The molecule has 7 heteroatoms. The van der Waals surface area contributed by atoms with Crippen molar-refractivity contribution >= 4 is 17.3 Å². The number of likely N-dealkylation sites (tertiary alicyclic amines) is 1. The van der Waals surface area contributed by atoms with Crippen LogP contribution in [0.2, 0.25) is 0 Å². The number of alkyl halides is 3. The van der Waals surface area contributed by atoms with Gasteiger partial charge >= 0.3 is 12.1 Å². The maximum atomic E-state index is 13.5. The van der Waals surface area contributed by atoms with Crippen molar-refractivity contribution in [2.24, 2.45) is 0 Å². The molecule has 0 radical (unpaired) electrons. The van der Waals surface area contributed by atoms with Crippen molar-refractivity contribution < 1.29 is 23.1 Å². The summed E-state index contributed by atoms with van der Waals surface area (Å²) in [6.45, 7) is 0.462. The van der Waals surface area contributed by atoms with Crippen LogP contribution in [0.15, 0.2) is 41.1 Å². The molecule has 25 heavy (non-hydrogen) atoms. The highest BCUT2D eigenvalue weighted by Crippen LogP contribution is 2.41. The second kappa shape index (κ2) is 7.17. The van der Waals surface area contributed by atoms with E-state index in [0.29, 0.717) is 18.5 Å². The molecule has 1 aromatic carbocycles. The molecule has 2 atom stereocenters. The number of rotatable bonds is 4. The first kappa shape index (κ1) is 17.9. The normalized spacial score (nSPS) is 20.4. The minimum absolute atomic E-state index is 0.113. The van der Waals surface area contributed by atoms with Gasteiger partial charge in [0.2, 0.25) is 0 Å². The Morgan fingerprint density at radius 1 is 1.24 bits per heavy atom. The SMILES string of the molecule is O=C(O)C1CCCCN1C(c1ccsc1)c1ccccc1C(F)(F)F. The molecule has 2 unspecified atom stereocenters. The number of hydrogen-bond donors (Lipinski definition) is 1. The average molecular weight is 369 g/mol. The Morgan fingerprint density at radius 2 is 2.00 bits per heavy atom. The number of benzene rings is 1. The number of aliphatic carboxylic acids is 1. The van der Waals surface area contributed by atoms with Crippen molar-refractivity contribution in [3.8, 4) is 0 Å². The summed E-state index contributed by atoms with van der Waals surface area (Å²) < 4.78 is 40.6. The predicted octanol–water partition coefficient (Wildman–Crippen LogP) is 4.80. The summed E-state index contributed by atoms with van der Waals surface area (Å²) in [5.41, 5.74) is 0.109. The van der Waals surface area contributed by atoms with Crippen LogP contribution >= 0.6 is 11.3 Å². The standard InChI is InChI=1S/C18H18F3NO2S/c19-18(20,21)14-6-2-1-5-13(14)16(12-8-10-25-11-12)22-9-4-3-7-15(22)17(23)24/h1-2,5-6,8,10-11,15-16H,3-4,7,9H2,(H,23,24). The van der Waals surface area contributed by atoms with Crippen molar-refractivity contribution in [2.75, 3.05) is 6.54 Å². The summed E-state index contributed by atoms with van der Waals surface area (Å²) in [5, 5.41) is 13.2. The molecule has 1 N–H and O–H groups in total. The molecule has 3 rings (SSSR count). The highest BCUT2D eigenvalue weighted by molar-refractivity contribution is 7.08. The summed E-state index contributed by atoms with van der Waals surface area (Å²) in [5.74, 6) is -0.982. The van der Waals surface area contributed by atoms with Crippen LogP contribution in [0, 0.1) is 0 Å². The van der Waals surface area contributed by atoms with Gasteiger partial charge in [-0.25, -0.2) is 0 Å². The number of nitrogens with zero attached hydrogens (tertiary/aromatic N) is 1. The maximum Gasteiger partial charge on any atom is 0.416 e. The molecule has 3 nitrogen and oxygen atoms in total. The minimum Gasteiger partial charge on any atom is -0.480 e. The lowest BCUT2D eigenvalue weighted by Crippen LogP contribution is -2.47. The Morgan fingerprint density at radius 3 is 2.64 bits per heavy atom. The van der Waals surface area contributed by atoms with Gasteiger partial charge in [0.1, 0.15) is 6.04 Å². The zero-order chi connectivity index (χ0) is 18.0. The van der Waals surface area contributed by atoms with Gasteiger partial charge in [-0.05, 0) is 53.4 Å². The molecule has 2 aromatic rings. The molecule has 2 heterocycles. The van der Waals surface area contributed by atoms with E-state index in [1.54, 1.807) is 27.8 Å². The first-order chi connectivity index (χ1) is 11.9. The molecular weight excluding hydrogens is 351 g/mol. The number of halogens is 3. The Labute approximate surface area is 147 Å². The van der Waals surface area contributed by atoms with Gasteiger partial charge < -0.3 is 5.11 Å². The first-order valence-corrected chi connectivity index (χ1v) is 9.00. The van der Waals surface area contributed by atoms with Crippen molar-refractivity contribution in [3.63, 3.8) is 0 Å². The zero-order valence-corrected chi connectivity index (χ0v) is 14.2. The second-order valence-electron chi connectivity index (χ2n) is 6.13. The molecule has 1 saturated heterocycles. The lowest BCUT2D eigenvalue weighted by atomic mass is 9.90. The third-order valence-electron chi connectivity index (χ3n) is 4.58. The molecule has 0 saturated carbocycles. The summed E-state index contributed by atoms with van der Waals surface area (Å²) in [7, 11) is 0. The Hall–Kier alpha value is -1.86. The Bertz CT molecular complexity index is 730. The average Bonchev–Trinajstić information content (AvgIpc) is 3.09. The molecule has 1 aliphatic heterocycles. The number of carboxylic acids is 1. The van der Waals surface area contributed by atoms with Gasteiger partial charge in [0.25, 0.3) is 0 Å². The lowest BCUT2D eigenvalue weighted by molar-refractivity contribution is -0.145. The van der Waals surface area contributed by atoms with Gasteiger partial charge in [-0.15, -0.1) is 0 Å². The fourth-order valence-electron chi connectivity index (χ4n) is 3.50. The van der Waals surface area contributed by atoms with E-state index in [1.807, 2.05) is 0 Å². The largest absolute Gasteiger partial charge is 0.480 e. The number of piperidine rings is 1. The van der Waals surface area contributed by atoms with Crippen molar-refractivity contribution in [1.82, 2.24) is 4.90 Å². The first-order valence-electron chi connectivity index (χ1n) is 8.06. The summed E-state index contributed by atoms with van der Waals surface area (Å²) in [6.07, 6.45) is -2.49. The molecular formula is C18H18F3NO2S. The van der Waals surface area contributed by atoms with E-state index in [-0.39, 0.29) is 5.56 Å². The third kappa shape index (κ3) is 3.72. The minimum atomic E-state index is -4.49. The van der Waals surface area contributed by atoms with Crippen LogP contribution in [-0.2, 0) is 11.0 Å². The van der Waals surface area contributed by atoms with E-state index in [0.717, 1.165) is 18.9 Å². The van der Waals surface area contributed by atoms with Gasteiger partial charge in [-0.2, -0.15) is 24.5 Å². The summed E-state index contributed by atoms with van der Waals surface area (Å²) in [6, 6.07) is 5.74. The fourth-order valence-corrected chi connectivity index (χ4v) is 4.18. The van der Waals surface area contributed by atoms with Crippen LogP contribution in [0.3, 0.4) is 0 Å². The van der Waals surface area contributed by atoms with Crippen LogP contribution in [0.5, 0.6) is 0 Å². The molecule has 0 amide bonds. The molecule has 134 valence electrons. The predicted molar refractivity (Wildman–Crippen MR) is 89.6 cm³/mol. The van der Waals surface area contributed by atoms with Crippen LogP contribution in [0.1, 0.15) is 42.0 Å². The molecule has 0 bridgehead atoms. The monoisotopic (exact) mass is 369 g/mol.